The highest BCUT2D eigenvalue weighted by atomic mass is 35.5. The number of nitrogens with one attached hydrogen (secondary N) is 1. The summed E-state index contributed by atoms with van der Waals surface area (Å²) in [7, 11) is 1.33. The van der Waals surface area contributed by atoms with E-state index in [2.05, 4.69) is 17.0 Å². The Kier molecular flexibility index (Phi) is 13.2. The molecular weight excluding hydrogens is 441 g/mol. The SMILES string of the molecule is COC(=O)COc1ccc(CC(C)NCC(OCCCO)c2cccc(Cl)c2)cc1.Cl. The first-order valence-electron chi connectivity index (χ1n) is 10.0. The number of aliphatic hydroxyl groups is 1. The van der Waals surface area contributed by atoms with E-state index in [4.69, 9.17) is 26.2 Å². The number of aliphatic hydroxyl groups excluding tert-OH is 1. The minimum Gasteiger partial charge on any atom is -0.482 e. The van der Waals surface area contributed by atoms with Crippen molar-refractivity contribution in [3.05, 3.63) is 64.7 Å². The fourth-order valence-electron chi connectivity index (χ4n) is 2.93. The third-order valence-electron chi connectivity index (χ3n) is 4.54. The molecule has 0 saturated carbocycles. The summed E-state index contributed by atoms with van der Waals surface area (Å²) in [5.41, 5.74) is 2.16. The van der Waals surface area contributed by atoms with Crippen molar-refractivity contribution < 1.29 is 24.1 Å². The number of hydrogen-bond acceptors (Lipinski definition) is 6. The number of benzene rings is 2. The molecule has 172 valence electrons. The van der Waals surface area contributed by atoms with Crippen molar-refractivity contribution >= 4 is 30.0 Å². The molecule has 0 heterocycles. The lowest BCUT2D eigenvalue weighted by Crippen LogP contribution is -2.33. The van der Waals surface area contributed by atoms with Crippen LogP contribution < -0.4 is 10.1 Å². The smallest absolute Gasteiger partial charge is 0.343 e. The summed E-state index contributed by atoms with van der Waals surface area (Å²) in [6.45, 7) is 3.23. The van der Waals surface area contributed by atoms with E-state index < -0.39 is 5.97 Å². The first-order chi connectivity index (χ1) is 14.5. The molecule has 0 amide bonds. The molecule has 2 aromatic rings. The van der Waals surface area contributed by atoms with Gasteiger partial charge in [-0.05, 0) is 55.2 Å². The second-order valence-electron chi connectivity index (χ2n) is 7.01. The van der Waals surface area contributed by atoms with Gasteiger partial charge >= 0.3 is 5.97 Å². The summed E-state index contributed by atoms with van der Waals surface area (Å²) < 4.78 is 15.9. The Morgan fingerprint density at radius 2 is 1.94 bits per heavy atom. The lowest BCUT2D eigenvalue weighted by molar-refractivity contribution is -0.142. The van der Waals surface area contributed by atoms with Gasteiger partial charge in [-0.1, -0.05) is 35.9 Å². The van der Waals surface area contributed by atoms with Crippen molar-refractivity contribution in [1.82, 2.24) is 5.32 Å². The second-order valence-corrected chi connectivity index (χ2v) is 7.45. The summed E-state index contributed by atoms with van der Waals surface area (Å²) >= 11 is 6.13. The minimum atomic E-state index is -0.410. The Balaban J connectivity index is 0.00000480. The van der Waals surface area contributed by atoms with Crippen LogP contribution in [0, 0.1) is 0 Å². The number of halogens is 2. The molecule has 0 radical (unpaired) electrons. The Labute approximate surface area is 195 Å². The molecule has 2 aromatic carbocycles. The number of hydrogen-bond donors (Lipinski definition) is 2. The predicted molar refractivity (Wildman–Crippen MR) is 124 cm³/mol. The molecule has 0 saturated heterocycles. The highest BCUT2D eigenvalue weighted by Gasteiger charge is 2.14. The lowest BCUT2D eigenvalue weighted by Gasteiger charge is -2.22. The van der Waals surface area contributed by atoms with Gasteiger partial charge in [0.15, 0.2) is 6.61 Å². The lowest BCUT2D eigenvalue weighted by atomic mass is 10.1. The molecular formula is C23H31Cl2NO5. The summed E-state index contributed by atoms with van der Waals surface area (Å²) in [5, 5.41) is 13.2. The van der Waals surface area contributed by atoms with Crippen LogP contribution in [0.3, 0.4) is 0 Å². The van der Waals surface area contributed by atoms with Crippen LogP contribution in [0.15, 0.2) is 48.5 Å². The largest absolute Gasteiger partial charge is 0.482 e. The van der Waals surface area contributed by atoms with E-state index in [1.165, 1.54) is 7.11 Å². The van der Waals surface area contributed by atoms with Crippen LogP contribution in [0.4, 0.5) is 0 Å². The zero-order valence-corrected chi connectivity index (χ0v) is 19.5. The molecule has 6 nitrogen and oxygen atoms in total. The highest BCUT2D eigenvalue weighted by molar-refractivity contribution is 6.30. The van der Waals surface area contributed by atoms with Crippen LogP contribution in [-0.4, -0.2) is 50.6 Å². The van der Waals surface area contributed by atoms with Crippen LogP contribution in [0.5, 0.6) is 5.75 Å². The van der Waals surface area contributed by atoms with Gasteiger partial charge in [0.25, 0.3) is 0 Å². The molecule has 0 aliphatic heterocycles. The number of methoxy groups -OCH3 is 1. The van der Waals surface area contributed by atoms with E-state index in [1.807, 2.05) is 48.5 Å². The summed E-state index contributed by atoms with van der Waals surface area (Å²) in [6, 6.07) is 15.5. The minimum absolute atomic E-state index is 0. The van der Waals surface area contributed by atoms with E-state index >= 15 is 0 Å². The predicted octanol–water partition coefficient (Wildman–Crippen LogP) is 3.97. The van der Waals surface area contributed by atoms with Crippen LogP contribution >= 0.6 is 24.0 Å². The Morgan fingerprint density at radius 1 is 1.19 bits per heavy atom. The monoisotopic (exact) mass is 471 g/mol. The molecule has 2 N–H and O–H groups in total. The average molecular weight is 472 g/mol. The average Bonchev–Trinajstić information content (AvgIpc) is 2.75. The van der Waals surface area contributed by atoms with E-state index in [-0.39, 0.29) is 37.8 Å². The third-order valence-corrected chi connectivity index (χ3v) is 4.78. The first kappa shape index (κ1) is 27.2. The maximum absolute atomic E-state index is 11.1. The van der Waals surface area contributed by atoms with Gasteiger partial charge in [0.05, 0.1) is 13.2 Å². The molecule has 2 atom stereocenters. The molecule has 8 heteroatoms. The van der Waals surface area contributed by atoms with Crippen molar-refractivity contribution in [2.45, 2.75) is 31.9 Å². The molecule has 31 heavy (non-hydrogen) atoms. The molecule has 0 spiro atoms. The highest BCUT2D eigenvalue weighted by Crippen LogP contribution is 2.21. The van der Waals surface area contributed by atoms with Gasteiger partial charge in [0.1, 0.15) is 5.75 Å². The number of carbonyl (C=O) groups is 1. The van der Waals surface area contributed by atoms with Crippen LogP contribution in [0.25, 0.3) is 0 Å². The molecule has 0 fully saturated rings. The van der Waals surface area contributed by atoms with Crippen LogP contribution in [0.2, 0.25) is 5.02 Å². The summed E-state index contributed by atoms with van der Waals surface area (Å²) in [4.78, 5) is 11.1. The second kappa shape index (κ2) is 15.1. The maximum atomic E-state index is 11.1. The maximum Gasteiger partial charge on any atom is 0.343 e. The molecule has 2 unspecified atom stereocenters. The van der Waals surface area contributed by atoms with Crippen molar-refractivity contribution in [3.63, 3.8) is 0 Å². The Hall–Kier alpha value is -1.83. The normalized spacial score (nSPS) is 12.5. The number of esters is 1. The fourth-order valence-corrected chi connectivity index (χ4v) is 3.13. The Bertz CT molecular complexity index is 773. The molecule has 0 aliphatic rings. The number of rotatable bonds is 13. The van der Waals surface area contributed by atoms with Crippen molar-refractivity contribution in [2.24, 2.45) is 0 Å². The van der Waals surface area contributed by atoms with Crippen molar-refractivity contribution in [3.8, 4) is 5.75 Å². The molecule has 0 aromatic heterocycles. The summed E-state index contributed by atoms with van der Waals surface area (Å²) in [6.07, 6.45) is 1.28. The van der Waals surface area contributed by atoms with Gasteiger partial charge in [0.2, 0.25) is 0 Å². The number of carbonyl (C=O) groups excluding carboxylic acids is 1. The van der Waals surface area contributed by atoms with Gasteiger partial charge in [0, 0.05) is 30.8 Å². The van der Waals surface area contributed by atoms with Gasteiger partial charge in [-0.25, -0.2) is 4.79 Å². The zero-order chi connectivity index (χ0) is 21.8. The molecule has 0 bridgehead atoms. The van der Waals surface area contributed by atoms with Gasteiger partial charge in [-0.2, -0.15) is 0 Å². The Morgan fingerprint density at radius 3 is 2.58 bits per heavy atom. The summed E-state index contributed by atoms with van der Waals surface area (Å²) in [5.74, 6) is 0.218. The molecule has 2 rings (SSSR count). The van der Waals surface area contributed by atoms with Gasteiger partial charge < -0.3 is 24.6 Å². The van der Waals surface area contributed by atoms with Crippen molar-refractivity contribution in [1.29, 1.82) is 0 Å². The van der Waals surface area contributed by atoms with Gasteiger partial charge in [-0.3, -0.25) is 0 Å². The first-order valence-corrected chi connectivity index (χ1v) is 10.4. The molecule has 0 aliphatic carbocycles. The quantitative estimate of drug-likeness (QED) is 0.339. The van der Waals surface area contributed by atoms with Crippen LogP contribution in [0.1, 0.15) is 30.6 Å². The zero-order valence-electron chi connectivity index (χ0n) is 17.9. The van der Waals surface area contributed by atoms with Crippen molar-refractivity contribution in [2.75, 3.05) is 33.5 Å². The van der Waals surface area contributed by atoms with Crippen LogP contribution in [-0.2, 0) is 20.7 Å². The van der Waals surface area contributed by atoms with E-state index in [0.29, 0.717) is 30.3 Å². The van der Waals surface area contributed by atoms with Gasteiger partial charge in [-0.15, -0.1) is 12.4 Å². The topological polar surface area (TPSA) is 77.0 Å². The van der Waals surface area contributed by atoms with E-state index in [1.54, 1.807) is 0 Å². The number of ether oxygens (including phenoxy) is 3. The van der Waals surface area contributed by atoms with E-state index in [9.17, 15) is 4.79 Å². The fraction of sp³-hybridized carbons (Fsp3) is 0.435. The standard InChI is InChI=1S/C23H30ClNO5.ClH/c1-17(13-18-7-9-21(10-8-18)30-16-23(27)28-2)25-15-22(29-12-4-11-26)19-5-3-6-20(24)14-19;/h3,5-10,14,17,22,25-26H,4,11-13,15-16H2,1-2H3;1H. The third kappa shape index (κ3) is 10.4. The van der Waals surface area contributed by atoms with E-state index in [0.717, 1.165) is 17.5 Å².